The summed E-state index contributed by atoms with van der Waals surface area (Å²) in [5.41, 5.74) is 0. The third-order valence-electron chi connectivity index (χ3n) is 9.56. The molecule has 0 heteroatoms. The molecule has 0 aromatic carbocycles. The van der Waals surface area contributed by atoms with Gasteiger partial charge in [0.2, 0.25) is 0 Å². The fourth-order valence-electron chi connectivity index (χ4n) is 7.26. The second-order valence-electron chi connectivity index (χ2n) is 12.3. The van der Waals surface area contributed by atoms with Crippen molar-refractivity contribution in [3.63, 3.8) is 0 Å². The summed E-state index contributed by atoms with van der Waals surface area (Å²) in [7, 11) is 0. The zero-order chi connectivity index (χ0) is 21.9. The van der Waals surface area contributed by atoms with Crippen LogP contribution >= 0.6 is 0 Å². The van der Waals surface area contributed by atoms with Gasteiger partial charge in [0.15, 0.2) is 0 Å². The monoisotopic (exact) mass is 418 g/mol. The van der Waals surface area contributed by atoms with Crippen LogP contribution in [0.3, 0.4) is 0 Å². The minimum atomic E-state index is 1.01. The summed E-state index contributed by atoms with van der Waals surface area (Å²) in [5.74, 6) is 8.35. The molecule has 0 amide bonds. The molecule has 0 heterocycles. The van der Waals surface area contributed by atoms with Crippen LogP contribution in [0.1, 0.15) is 144 Å². The summed E-state index contributed by atoms with van der Waals surface area (Å²) in [6.07, 6.45) is 23.8. The van der Waals surface area contributed by atoms with E-state index in [0.29, 0.717) is 0 Å². The molecule has 4 saturated carbocycles. The molecule has 30 heavy (non-hydrogen) atoms. The predicted molar refractivity (Wildman–Crippen MR) is 136 cm³/mol. The van der Waals surface area contributed by atoms with E-state index in [1.54, 1.807) is 19.3 Å². The van der Waals surface area contributed by atoms with Crippen LogP contribution < -0.4 is 0 Å². The molecule has 0 aromatic rings. The van der Waals surface area contributed by atoms with Crippen LogP contribution in [-0.4, -0.2) is 0 Å². The lowest BCUT2D eigenvalue weighted by molar-refractivity contribution is 0.0663. The van der Waals surface area contributed by atoms with Crippen LogP contribution in [0.4, 0.5) is 0 Å². The number of rotatable bonds is 3. The summed E-state index contributed by atoms with van der Waals surface area (Å²) < 4.78 is 0. The lowest BCUT2D eigenvalue weighted by Gasteiger charge is -2.43. The molecule has 4 aliphatic carbocycles. The molecule has 0 spiro atoms. The molecule has 0 N–H and O–H groups in total. The first-order valence-electron chi connectivity index (χ1n) is 14.4. The molecule has 4 rings (SSSR count). The van der Waals surface area contributed by atoms with E-state index < -0.39 is 0 Å². The molecule has 0 aliphatic heterocycles. The Balaban J connectivity index is 0.000000179. The van der Waals surface area contributed by atoms with E-state index in [1.807, 2.05) is 0 Å². The van der Waals surface area contributed by atoms with Gasteiger partial charge in [0, 0.05) is 0 Å². The van der Waals surface area contributed by atoms with Crippen molar-refractivity contribution in [1.29, 1.82) is 0 Å². The van der Waals surface area contributed by atoms with Crippen LogP contribution in [0.25, 0.3) is 0 Å². The fraction of sp³-hybridized carbons (Fsp3) is 1.00. The van der Waals surface area contributed by atoms with E-state index in [1.165, 1.54) is 83.5 Å². The number of hydrogen-bond donors (Lipinski definition) is 0. The van der Waals surface area contributed by atoms with Gasteiger partial charge in [0.05, 0.1) is 0 Å². The number of unbranched alkanes of at least 4 members (excludes halogenated alkanes) is 1. The fourth-order valence-corrected chi connectivity index (χ4v) is 7.26. The van der Waals surface area contributed by atoms with Crippen molar-refractivity contribution in [1.82, 2.24) is 0 Å². The van der Waals surface area contributed by atoms with E-state index in [2.05, 4.69) is 41.5 Å². The average molecular weight is 419 g/mol. The Hall–Kier alpha value is 0. The lowest BCUT2D eigenvalue weighted by atomic mass is 9.63. The van der Waals surface area contributed by atoms with Crippen LogP contribution in [0, 0.1) is 47.3 Å². The minimum absolute atomic E-state index is 1.01. The van der Waals surface area contributed by atoms with Crippen LogP contribution in [0.5, 0.6) is 0 Å². The van der Waals surface area contributed by atoms with Crippen molar-refractivity contribution in [3.8, 4) is 0 Å². The second kappa shape index (κ2) is 14.2. The van der Waals surface area contributed by atoms with E-state index >= 15 is 0 Å². The maximum Gasteiger partial charge on any atom is -0.0357 e. The summed E-state index contributed by atoms with van der Waals surface area (Å²) in [6.45, 7) is 14.5. The van der Waals surface area contributed by atoms with E-state index in [0.717, 1.165) is 47.3 Å². The Morgan fingerprint density at radius 2 is 1.17 bits per heavy atom. The van der Waals surface area contributed by atoms with Crippen molar-refractivity contribution in [3.05, 3.63) is 0 Å². The Bertz CT molecular complexity index is 402. The van der Waals surface area contributed by atoms with Gasteiger partial charge >= 0.3 is 0 Å². The molecule has 0 bridgehead atoms. The highest BCUT2D eigenvalue weighted by Gasteiger charge is 2.42. The molecule has 0 aromatic heterocycles. The Morgan fingerprint density at radius 1 is 0.600 bits per heavy atom. The molecule has 0 radical (unpaired) electrons. The van der Waals surface area contributed by atoms with Gasteiger partial charge in [-0.25, -0.2) is 0 Å². The standard InChI is InChI=1S/C15H28.C8H16.C7H14/c1-4-5-8-14-11(2)10-13-7-6-9-15(13)12(14)3;1-7-3-5-8(2)6-4-7;1-7-5-3-2-4-6-7/h11-15H,4-10H2,1-3H3;7-8H,3-6H2,1-2H3;7H,2-6H2,1H3. The van der Waals surface area contributed by atoms with Gasteiger partial charge in [-0.15, -0.1) is 0 Å². The third kappa shape index (κ3) is 8.86. The number of fused-ring (bicyclic) bond motifs is 1. The van der Waals surface area contributed by atoms with Crippen molar-refractivity contribution >= 4 is 0 Å². The van der Waals surface area contributed by atoms with Gasteiger partial charge in [-0.05, 0) is 66.6 Å². The highest BCUT2D eigenvalue weighted by Crippen LogP contribution is 2.51. The van der Waals surface area contributed by atoms with Gasteiger partial charge in [0.1, 0.15) is 0 Å². The summed E-state index contributed by atoms with van der Waals surface area (Å²) in [6, 6.07) is 0. The molecule has 178 valence electrons. The van der Waals surface area contributed by atoms with Crippen molar-refractivity contribution < 1.29 is 0 Å². The lowest BCUT2D eigenvalue weighted by Crippen LogP contribution is -2.35. The minimum Gasteiger partial charge on any atom is -0.0654 e. The Labute approximate surface area is 191 Å². The highest BCUT2D eigenvalue weighted by molar-refractivity contribution is 4.91. The number of hydrogen-bond acceptors (Lipinski definition) is 0. The molecular formula is C30H58. The van der Waals surface area contributed by atoms with Crippen molar-refractivity contribution in [2.24, 2.45) is 47.3 Å². The van der Waals surface area contributed by atoms with E-state index in [-0.39, 0.29) is 0 Å². The summed E-state index contributed by atoms with van der Waals surface area (Å²) in [5, 5.41) is 0. The summed E-state index contributed by atoms with van der Waals surface area (Å²) >= 11 is 0. The predicted octanol–water partition coefficient (Wildman–Crippen LogP) is 10.3. The molecule has 4 fully saturated rings. The molecule has 5 atom stereocenters. The zero-order valence-corrected chi connectivity index (χ0v) is 21.9. The van der Waals surface area contributed by atoms with Gasteiger partial charge < -0.3 is 0 Å². The Kier molecular flexibility index (Phi) is 12.4. The van der Waals surface area contributed by atoms with Gasteiger partial charge in [0.25, 0.3) is 0 Å². The maximum absolute atomic E-state index is 2.55. The maximum atomic E-state index is 2.55. The van der Waals surface area contributed by atoms with Gasteiger partial charge in [-0.3, -0.25) is 0 Å². The van der Waals surface area contributed by atoms with Gasteiger partial charge in [-0.1, -0.05) is 125 Å². The van der Waals surface area contributed by atoms with E-state index in [9.17, 15) is 0 Å². The average Bonchev–Trinajstić information content (AvgIpc) is 3.20. The van der Waals surface area contributed by atoms with Crippen LogP contribution in [-0.2, 0) is 0 Å². The van der Waals surface area contributed by atoms with Gasteiger partial charge in [-0.2, -0.15) is 0 Å². The van der Waals surface area contributed by atoms with E-state index in [4.69, 9.17) is 0 Å². The Morgan fingerprint density at radius 3 is 1.67 bits per heavy atom. The first kappa shape index (κ1) is 26.3. The SMILES string of the molecule is CC1CCC(C)CC1.CC1CCCCC1.CCCCC1C(C)CC2CCCC2C1C. The largest absolute Gasteiger partial charge is 0.0654 e. The van der Waals surface area contributed by atoms with Crippen LogP contribution in [0.15, 0.2) is 0 Å². The zero-order valence-electron chi connectivity index (χ0n) is 21.9. The smallest absolute Gasteiger partial charge is 0.0357 e. The normalized spacial score (nSPS) is 39.2. The third-order valence-corrected chi connectivity index (χ3v) is 9.56. The van der Waals surface area contributed by atoms with Crippen molar-refractivity contribution in [2.75, 3.05) is 0 Å². The second-order valence-corrected chi connectivity index (χ2v) is 12.3. The van der Waals surface area contributed by atoms with Crippen LogP contribution in [0.2, 0.25) is 0 Å². The summed E-state index contributed by atoms with van der Waals surface area (Å²) in [4.78, 5) is 0. The topological polar surface area (TPSA) is 0 Å². The highest BCUT2D eigenvalue weighted by atomic mass is 14.5. The molecule has 0 saturated heterocycles. The first-order valence-corrected chi connectivity index (χ1v) is 14.4. The molecule has 0 nitrogen and oxygen atoms in total. The molecule has 5 unspecified atom stereocenters. The molecule has 4 aliphatic rings. The first-order chi connectivity index (χ1) is 14.4. The quantitative estimate of drug-likeness (QED) is 0.427. The molecular weight excluding hydrogens is 360 g/mol. The van der Waals surface area contributed by atoms with Crippen molar-refractivity contribution in [2.45, 2.75) is 144 Å².